The summed E-state index contributed by atoms with van der Waals surface area (Å²) in [7, 11) is 0. The third kappa shape index (κ3) is 12.0. The Morgan fingerprint density at radius 2 is 1.17 bits per heavy atom. The fourth-order valence-electron chi connectivity index (χ4n) is 2.37. The zero-order chi connectivity index (χ0) is 13.5. The predicted octanol–water partition coefficient (Wildman–Crippen LogP) is 6.82. The van der Waals surface area contributed by atoms with Crippen LogP contribution in [0.2, 0.25) is 0 Å². The van der Waals surface area contributed by atoms with E-state index >= 15 is 0 Å². The highest BCUT2D eigenvalue weighted by molar-refractivity contribution is 5.10. The Morgan fingerprint density at radius 1 is 0.722 bits per heavy atom. The Morgan fingerprint density at radius 3 is 1.56 bits per heavy atom. The molecule has 0 heteroatoms. The van der Waals surface area contributed by atoms with Crippen molar-refractivity contribution in [1.29, 1.82) is 0 Å². The average molecular weight is 250 g/mol. The molecule has 0 unspecified atom stereocenters. The molecule has 0 N–H and O–H groups in total. The normalized spacial score (nSPS) is 10.3. The van der Waals surface area contributed by atoms with Crippen LogP contribution in [0.4, 0.5) is 0 Å². The first-order chi connectivity index (χ1) is 8.85. The third-order valence-corrected chi connectivity index (χ3v) is 3.56. The lowest BCUT2D eigenvalue weighted by molar-refractivity contribution is 0.600. The standard InChI is InChI=1S/C18H34/c1-4-7-9-11-13-16-18(15-6-3)17-14-12-10-8-5-2/h6,15H,3-5,7-14,16-17H2,1-2H3. The lowest BCUT2D eigenvalue weighted by Gasteiger charge is -2.07. The third-order valence-electron chi connectivity index (χ3n) is 3.56. The van der Waals surface area contributed by atoms with Crippen molar-refractivity contribution < 1.29 is 0 Å². The van der Waals surface area contributed by atoms with E-state index in [1.165, 1.54) is 77.0 Å². The summed E-state index contributed by atoms with van der Waals surface area (Å²) in [6.45, 7) is 8.39. The SMILES string of the molecule is C=CC=C(CCCCCCC)CCCCCCC. The lowest BCUT2D eigenvalue weighted by atomic mass is 9.99. The topological polar surface area (TPSA) is 0 Å². The van der Waals surface area contributed by atoms with Crippen molar-refractivity contribution in [2.24, 2.45) is 0 Å². The summed E-state index contributed by atoms with van der Waals surface area (Å²) in [5, 5.41) is 0. The first-order valence-electron chi connectivity index (χ1n) is 8.15. The van der Waals surface area contributed by atoms with E-state index in [0.29, 0.717) is 0 Å². The van der Waals surface area contributed by atoms with Gasteiger partial charge in [0.2, 0.25) is 0 Å². The van der Waals surface area contributed by atoms with Gasteiger partial charge in [0.15, 0.2) is 0 Å². The van der Waals surface area contributed by atoms with Crippen molar-refractivity contribution in [3.05, 3.63) is 24.3 Å². The molecule has 106 valence electrons. The molecule has 0 rings (SSSR count). The number of allylic oxidation sites excluding steroid dienone is 3. The molecule has 0 saturated carbocycles. The maximum Gasteiger partial charge on any atom is -0.0317 e. The van der Waals surface area contributed by atoms with E-state index in [-0.39, 0.29) is 0 Å². The van der Waals surface area contributed by atoms with Crippen molar-refractivity contribution >= 4 is 0 Å². The Kier molecular flexibility index (Phi) is 14.1. The highest BCUT2D eigenvalue weighted by atomic mass is 14.0. The fraction of sp³-hybridized carbons (Fsp3) is 0.778. The number of hydrogen-bond acceptors (Lipinski definition) is 0. The van der Waals surface area contributed by atoms with Crippen LogP contribution in [0.25, 0.3) is 0 Å². The minimum Gasteiger partial charge on any atom is -0.0991 e. The van der Waals surface area contributed by atoms with Crippen LogP contribution in [-0.4, -0.2) is 0 Å². The van der Waals surface area contributed by atoms with Gasteiger partial charge < -0.3 is 0 Å². The zero-order valence-corrected chi connectivity index (χ0v) is 12.8. The maximum absolute atomic E-state index is 3.84. The van der Waals surface area contributed by atoms with Crippen LogP contribution in [-0.2, 0) is 0 Å². The minimum atomic E-state index is 1.30. The fourth-order valence-corrected chi connectivity index (χ4v) is 2.37. The Balaban J connectivity index is 3.59. The minimum absolute atomic E-state index is 1.30. The van der Waals surface area contributed by atoms with Gasteiger partial charge in [0.25, 0.3) is 0 Å². The van der Waals surface area contributed by atoms with Crippen molar-refractivity contribution in [2.45, 2.75) is 90.9 Å². The molecule has 0 aromatic rings. The zero-order valence-electron chi connectivity index (χ0n) is 12.8. The smallest absolute Gasteiger partial charge is 0.0317 e. The Labute approximate surface area is 116 Å². The molecule has 0 heterocycles. The first kappa shape index (κ1) is 17.5. The van der Waals surface area contributed by atoms with Crippen LogP contribution >= 0.6 is 0 Å². The van der Waals surface area contributed by atoms with Crippen LogP contribution in [0.1, 0.15) is 90.9 Å². The first-order valence-corrected chi connectivity index (χ1v) is 8.15. The highest BCUT2D eigenvalue weighted by Gasteiger charge is 1.98. The van der Waals surface area contributed by atoms with E-state index in [2.05, 4.69) is 26.5 Å². The molecule has 0 aromatic heterocycles. The van der Waals surface area contributed by atoms with Crippen molar-refractivity contribution in [3.63, 3.8) is 0 Å². The summed E-state index contributed by atoms with van der Waals surface area (Å²) in [5.41, 5.74) is 1.62. The molecule has 0 aliphatic heterocycles. The van der Waals surface area contributed by atoms with Crippen LogP contribution in [0.15, 0.2) is 24.3 Å². The van der Waals surface area contributed by atoms with Gasteiger partial charge in [-0.3, -0.25) is 0 Å². The van der Waals surface area contributed by atoms with E-state index in [1.807, 2.05) is 6.08 Å². The van der Waals surface area contributed by atoms with Gasteiger partial charge in [0, 0.05) is 0 Å². The van der Waals surface area contributed by atoms with Gasteiger partial charge in [0.05, 0.1) is 0 Å². The molecule has 0 bridgehead atoms. The van der Waals surface area contributed by atoms with E-state index in [0.717, 1.165) is 0 Å². The number of rotatable bonds is 13. The monoisotopic (exact) mass is 250 g/mol. The molecular formula is C18H34. The van der Waals surface area contributed by atoms with Crippen LogP contribution in [0, 0.1) is 0 Å². The van der Waals surface area contributed by atoms with E-state index in [9.17, 15) is 0 Å². The largest absolute Gasteiger partial charge is 0.0991 e. The second-order valence-electron chi connectivity index (χ2n) is 5.39. The average Bonchev–Trinajstić information content (AvgIpc) is 2.38. The maximum atomic E-state index is 3.84. The molecule has 0 nitrogen and oxygen atoms in total. The molecule has 0 fully saturated rings. The molecule has 0 amide bonds. The molecule has 18 heavy (non-hydrogen) atoms. The molecule has 0 aliphatic carbocycles. The van der Waals surface area contributed by atoms with Crippen molar-refractivity contribution in [1.82, 2.24) is 0 Å². The summed E-state index contributed by atoms with van der Waals surface area (Å²) in [5.74, 6) is 0. The summed E-state index contributed by atoms with van der Waals surface area (Å²) < 4.78 is 0. The second kappa shape index (κ2) is 14.5. The summed E-state index contributed by atoms with van der Waals surface area (Å²) in [6.07, 6.45) is 20.6. The quantitative estimate of drug-likeness (QED) is 0.248. The van der Waals surface area contributed by atoms with E-state index in [4.69, 9.17) is 0 Å². The van der Waals surface area contributed by atoms with Crippen LogP contribution < -0.4 is 0 Å². The Bertz CT molecular complexity index is 184. The molecule has 0 aromatic carbocycles. The molecular weight excluding hydrogens is 216 g/mol. The molecule has 0 atom stereocenters. The summed E-state index contributed by atoms with van der Waals surface area (Å²) >= 11 is 0. The van der Waals surface area contributed by atoms with Crippen LogP contribution in [0.3, 0.4) is 0 Å². The number of unbranched alkanes of at least 4 members (excludes halogenated alkanes) is 8. The van der Waals surface area contributed by atoms with Crippen molar-refractivity contribution in [3.8, 4) is 0 Å². The number of hydrogen-bond donors (Lipinski definition) is 0. The van der Waals surface area contributed by atoms with E-state index in [1.54, 1.807) is 5.57 Å². The van der Waals surface area contributed by atoms with Gasteiger partial charge in [-0.2, -0.15) is 0 Å². The molecule has 0 spiro atoms. The van der Waals surface area contributed by atoms with Gasteiger partial charge >= 0.3 is 0 Å². The second-order valence-corrected chi connectivity index (χ2v) is 5.39. The Hall–Kier alpha value is -0.520. The van der Waals surface area contributed by atoms with Gasteiger partial charge in [-0.25, -0.2) is 0 Å². The van der Waals surface area contributed by atoms with E-state index < -0.39 is 0 Å². The van der Waals surface area contributed by atoms with Crippen LogP contribution in [0.5, 0.6) is 0 Å². The predicted molar refractivity (Wildman–Crippen MR) is 85.0 cm³/mol. The van der Waals surface area contributed by atoms with Gasteiger partial charge in [-0.15, -0.1) is 0 Å². The van der Waals surface area contributed by atoms with Gasteiger partial charge in [-0.1, -0.05) is 89.5 Å². The lowest BCUT2D eigenvalue weighted by Crippen LogP contribution is -1.87. The summed E-state index contributed by atoms with van der Waals surface area (Å²) in [6, 6.07) is 0. The van der Waals surface area contributed by atoms with Gasteiger partial charge in [-0.05, 0) is 25.7 Å². The molecule has 0 radical (unpaired) electrons. The summed E-state index contributed by atoms with van der Waals surface area (Å²) in [4.78, 5) is 0. The van der Waals surface area contributed by atoms with Crippen molar-refractivity contribution in [2.75, 3.05) is 0 Å². The molecule has 0 aliphatic rings. The molecule has 0 saturated heterocycles. The highest BCUT2D eigenvalue weighted by Crippen LogP contribution is 2.18. The van der Waals surface area contributed by atoms with Gasteiger partial charge in [0.1, 0.15) is 0 Å².